The Kier molecular flexibility index (Phi) is 6.68. The van der Waals surface area contributed by atoms with Crippen LogP contribution in [-0.2, 0) is 11.2 Å². The molecule has 0 aliphatic carbocycles. The molecule has 0 bridgehead atoms. The monoisotopic (exact) mass is 296 g/mol. The standard InChI is InChI=1S/C15H28N4O2/c1-11-13(12(2)21-19-11)8-7-9-17-14(16-5)18-10-15(3,4)20-6/h7-10H2,1-6H3,(H2,16,17,18). The zero-order valence-electron chi connectivity index (χ0n) is 14.0. The Morgan fingerprint density at radius 1 is 1.33 bits per heavy atom. The summed E-state index contributed by atoms with van der Waals surface area (Å²) < 4.78 is 10.5. The summed E-state index contributed by atoms with van der Waals surface area (Å²) in [5, 5.41) is 10.5. The number of aryl methyl sites for hydroxylation is 2. The lowest BCUT2D eigenvalue weighted by Gasteiger charge is -2.24. The first kappa shape index (κ1) is 17.5. The van der Waals surface area contributed by atoms with Gasteiger partial charge in [-0.2, -0.15) is 0 Å². The van der Waals surface area contributed by atoms with Crippen LogP contribution in [-0.4, -0.2) is 44.0 Å². The van der Waals surface area contributed by atoms with Crippen LogP contribution in [0.3, 0.4) is 0 Å². The first-order chi connectivity index (χ1) is 9.89. The lowest BCUT2D eigenvalue weighted by Crippen LogP contribution is -2.45. The van der Waals surface area contributed by atoms with Gasteiger partial charge in [-0.15, -0.1) is 0 Å². The van der Waals surface area contributed by atoms with Crippen molar-refractivity contribution in [3.05, 3.63) is 17.0 Å². The van der Waals surface area contributed by atoms with Crippen LogP contribution in [0.1, 0.15) is 37.3 Å². The van der Waals surface area contributed by atoms with Gasteiger partial charge in [-0.25, -0.2) is 0 Å². The second kappa shape index (κ2) is 8.02. The number of hydrogen-bond donors (Lipinski definition) is 2. The molecule has 21 heavy (non-hydrogen) atoms. The molecule has 0 radical (unpaired) electrons. The van der Waals surface area contributed by atoms with E-state index in [-0.39, 0.29) is 5.60 Å². The Hall–Kier alpha value is -1.56. The van der Waals surface area contributed by atoms with Crippen LogP contribution < -0.4 is 10.6 Å². The fraction of sp³-hybridized carbons (Fsp3) is 0.733. The third kappa shape index (κ3) is 5.75. The number of aliphatic imine (C=N–C) groups is 1. The van der Waals surface area contributed by atoms with Crippen molar-refractivity contribution in [2.24, 2.45) is 4.99 Å². The van der Waals surface area contributed by atoms with Crippen molar-refractivity contribution in [3.63, 3.8) is 0 Å². The van der Waals surface area contributed by atoms with E-state index in [1.807, 2.05) is 27.7 Å². The average molecular weight is 296 g/mol. The van der Waals surface area contributed by atoms with Crippen molar-refractivity contribution in [2.75, 3.05) is 27.2 Å². The second-order valence-corrected chi connectivity index (χ2v) is 5.72. The van der Waals surface area contributed by atoms with Crippen LogP contribution in [0.4, 0.5) is 0 Å². The van der Waals surface area contributed by atoms with Crippen LogP contribution in [0.2, 0.25) is 0 Å². The van der Waals surface area contributed by atoms with Crippen LogP contribution in [0, 0.1) is 13.8 Å². The molecule has 1 aromatic rings. The highest BCUT2D eigenvalue weighted by Gasteiger charge is 2.16. The predicted octanol–water partition coefficient (Wildman–Crippen LogP) is 1.81. The first-order valence-electron chi connectivity index (χ1n) is 7.31. The molecule has 0 aliphatic heterocycles. The van der Waals surface area contributed by atoms with Crippen molar-refractivity contribution < 1.29 is 9.26 Å². The van der Waals surface area contributed by atoms with Crippen LogP contribution in [0.25, 0.3) is 0 Å². The minimum atomic E-state index is -0.214. The summed E-state index contributed by atoms with van der Waals surface area (Å²) in [5.41, 5.74) is 1.98. The molecule has 1 aromatic heterocycles. The van der Waals surface area contributed by atoms with Crippen LogP contribution in [0.15, 0.2) is 9.52 Å². The SMILES string of the molecule is CN=C(NCCCc1c(C)noc1C)NCC(C)(C)OC. The van der Waals surface area contributed by atoms with Crippen molar-refractivity contribution >= 4 is 5.96 Å². The topological polar surface area (TPSA) is 71.7 Å². The van der Waals surface area contributed by atoms with Gasteiger partial charge in [0.25, 0.3) is 0 Å². The van der Waals surface area contributed by atoms with Crippen LogP contribution in [0.5, 0.6) is 0 Å². The Bertz CT molecular complexity index is 447. The van der Waals surface area contributed by atoms with Gasteiger partial charge in [0.2, 0.25) is 0 Å². The van der Waals surface area contributed by atoms with E-state index in [4.69, 9.17) is 9.26 Å². The summed E-state index contributed by atoms with van der Waals surface area (Å²) in [5.74, 6) is 1.70. The molecule has 6 nitrogen and oxygen atoms in total. The van der Waals surface area contributed by atoms with Gasteiger partial charge in [0.05, 0.1) is 11.3 Å². The molecule has 120 valence electrons. The highest BCUT2D eigenvalue weighted by Crippen LogP contribution is 2.13. The van der Waals surface area contributed by atoms with E-state index in [0.29, 0.717) is 6.54 Å². The zero-order valence-corrected chi connectivity index (χ0v) is 14.0. The van der Waals surface area contributed by atoms with Gasteiger partial charge in [0.15, 0.2) is 5.96 Å². The molecule has 0 aliphatic rings. The maximum Gasteiger partial charge on any atom is 0.191 e. The van der Waals surface area contributed by atoms with E-state index in [1.54, 1.807) is 14.2 Å². The highest BCUT2D eigenvalue weighted by molar-refractivity contribution is 5.79. The summed E-state index contributed by atoms with van der Waals surface area (Å²) in [6.07, 6.45) is 1.95. The molecular weight excluding hydrogens is 268 g/mol. The fourth-order valence-corrected chi connectivity index (χ4v) is 1.92. The second-order valence-electron chi connectivity index (χ2n) is 5.72. The van der Waals surface area contributed by atoms with Crippen molar-refractivity contribution in [1.29, 1.82) is 0 Å². The van der Waals surface area contributed by atoms with Gasteiger partial charge in [-0.3, -0.25) is 4.99 Å². The molecule has 0 amide bonds. The molecule has 0 unspecified atom stereocenters. The fourth-order valence-electron chi connectivity index (χ4n) is 1.92. The van der Waals surface area contributed by atoms with Gasteiger partial charge < -0.3 is 19.9 Å². The van der Waals surface area contributed by atoms with E-state index in [0.717, 1.165) is 36.8 Å². The number of hydrogen-bond acceptors (Lipinski definition) is 4. The minimum absolute atomic E-state index is 0.214. The molecule has 6 heteroatoms. The Morgan fingerprint density at radius 2 is 2.05 bits per heavy atom. The largest absolute Gasteiger partial charge is 0.377 e. The summed E-state index contributed by atoms with van der Waals surface area (Å²) in [7, 11) is 3.48. The van der Waals surface area contributed by atoms with E-state index in [1.165, 1.54) is 5.56 Å². The summed E-state index contributed by atoms with van der Waals surface area (Å²) >= 11 is 0. The Labute approximate surface area is 127 Å². The first-order valence-corrected chi connectivity index (χ1v) is 7.31. The lowest BCUT2D eigenvalue weighted by atomic mass is 10.1. The molecule has 0 atom stereocenters. The van der Waals surface area contributed by atoms with Crippen molar-refractivity contribution in [1.82, 2.24) is 15.8 Å². The van der Waals surface area contributed by atoms with E-state index >= 15 is 0 Å². The summed E-state index contributed by atoms with van der Waals surface area (Å²) in [6, 6.07) is 0. The molecule has 1 rings (SSSR count). The minimum Gasteiger partial charge on any atom is -0.377 e. The maximum atomic E-state index is 5.37. The number of nitrogens with one attached hydrogen (secondary N) is 2. The van der Waals surface area contributed by atoms with E-state index in [9.17, 15) is 0 Å². The predicted molar refractivity (Wildman–Crippen MR) is 84.8 cm³/mol. The number of ether oxygens (including phenoxy) is 1. The number of rotatable bonds is 7. The Morgan fingerprint density at radius 3 is 2.57 bits per heavy atom. The summed E-state index contributed by atoms with van der Waals surface area (Å²) in [6.45, 7) is 9.54. The maximum absolute atomic E-state index is 5.37. The zero-order chi connectivity index (χ0) is 15.9. The normalized spacial score (nSPS) is 12.6. The molecule has 0 saturated carbocycles. The van der Waals surface area contributed by atoms with Gasteiger partial charge in [0.1, 0.15) is 5.76 Å². The van der Waals surface area contributed by atoms with Gasteiger partial charge >= 0.3 is 0 Å². The molecule has 0 saturated heterocycles. The van der Waals surface area contributed by atoms with Gasteiger partial charge in [-0.05, 0) is 40.5 Å². The number of guanidine groups is 1. The molecule has 0 aromatic carbocycles. The number of aromatic nitrogens is 1. The lowest BCUT2D eigenvalue weighted by molar-refractivity contribution is 0.0268. The summed E-state index contributed by atoms with van der Waals surface area (Å²) in [4.78, 5) is 4.20. The van der Waals surface area contributed by atoms with Gasteiger partial charge in [-0.1, -0.05) is 5.16 Å². The number of nitrogens with zero attached hydrogens (tertiary/aromatic N) is 2. The molecule has 2 N–H and O–H groups in total. The van der Waals surface area contributed by atoms with Gasteiger partial charge in [0, 0.05) is 32.8 Å². The quantitative estimate of drug-likeness (QED) is 0.456. The highest BCUT2D eigenvalue weighted by atomic mass is 16.5. The molecule has 1 heterocycles. The third-order valence-corrected chi connectivity index (χ3v) is 3.53. The molecule has 0 spiro atoms. The van der Waals surface area contributed by atoms with Crippen LogP contribution >= 0.6 is 0 Å². The molecule has 0 fully saturated rings. The van der Waals surface area contributed by atoms with E-state index < -0.39 is 0 Å². The third-order valence-electron chi connectivity index (χ3n) is 3.53. The average Bonchev–Trinajstić information content (AvgIpc) is 2.78. The van der Waals surface area contributed by atoms with E-state index in [2.05, 4.69) is 20.8 Å². The van der Waals surface area contributed by atoms with Crippen molar-refractivity contribution in [3.8, 4) is 0 Å². The number of methoxy groups -OCH3 is 1. The molecular formula is C15H28N4O2. The smallest absolute Gasteiger partial charge is 0.191 e. The Balaban J connectivity index is 2.30. The van der Waals surface area contributed by atoms with Crippen molar-refractivity contribution in [2.45, 2.75) is 46.1 Å².